The Morgan fingerprint density at radius 3 is 2.34 bits per heavy atom. The van der Waals surface area contributed by atoms with Crippen LogP contribution in [0.3, 0.4) is 0 Å². The molecule has 0 radical (unpaired) electrons. The number of thioether (sulfide) groups is 1. The molecule has 2 fully saturated rings. The lowest BCUT2D eigenvalue weighted by molar-refractivity contribution is -0.384. The molecular weight excluding hydrogens is 773 g/mol. The number of esters is 2. The lowest BCUT2D eigenvalue weighted by atomic mass is 9.99. The maximum atomic E-state index is 14.0. The number of carbonyl (C=O) groups is 5. The first-order chi connectivity index (χ1) is 26.1. The van der Waals surface area contributed by atoms with Crippen LogP contribution in [0.25, 0.3) is 0 Å². The summed E-state index contributed by atoms with van der Waals surface area (Å²) >= 11 is 2.29. The van der Waals surface area contributed by atoms with Gasteiger partial charge in [-0.2, -0.15) is 0 Å². The molecule has 302 valence electrons. The van der Waals surface area contributed by atoms with Gasteiger partial charge in [0.2, 0.25) is 5.60 Å². The average molecular weight is 817 g/mol. The van der Waals surface area contributed by atoms with E-state index in [0.29, 0.717) is 29.9 Å². The maximum absolute atomic E-state index is 14.0. The number of thiazole rings is 1. The number of nitrogens with zero attached hydrogens (tertiary/aromatic N) is 4. The van der Waals surface area contributed by atoms with Crippen LogP contribution in [0.4, 0.5) is 15.6 Å². The number of oxime groups is 1. The molecule has 0 bridgehead atoms. The van der Waals surface area contributed by atoms with Crippen LogP contribution in [0, 0.1) is 10.1 Å². The van der Waals surface area contributed by atoms with E-state index in [-0.39, 0.29) is 28.8 Å². The van der Waals surface area contributed by atoms with Gasteiger partial charge in [0.05, 0.1) is 11.0 Å². The molecule has 0 saturated carbocycles. The van der Waals surface area contributed by atoms with Crippen molar-refractivity contribution in [2.75, 3.05) is 17.7 Å². The number of hydrogen-bond acceptors (Lipinski definition) is 16. The molecular formula is C36H44N6O12S2. The van der Waals surface area contributed by atoms with Gasteiger partial charge in [-0.1, -0.05) is 5.16 Å². The van der Waals surface area contributed by atoms with Gasteiger partial charge in [-0.25, -0.2) is 19.4 Å². The summed E-state index contributed by atoms with van der Waals surface area (Å²) in [6.07, 6.45) is 0.208. The Hall–Kier alpha value is -5.08. The van der Waals surface area contributed by atoms with Gasteiger partial charge in [0, 0.05) is 29.9 Å². The third-order valence-electron chi connectivity index (χ3n) is 8.14. The minimum absolute atomic E-state index is 0.0201. The molecule has 2 saturated heterocycles. The Balaban J connectivity index is 1.37. The number of ether oxygens (including phenoxy) is 4. The fourth-order valence-corrected chi connectivity index (χ4v) is 7.59. The number of amides is 3. The molecule has 4 heterocycles. The van der Waals surface area contributed by atoms with Gasteiger partial charge >= 0.3 is 18.0 Å². The van der Waals surface area contributed by atoms with Gasteiger partial charge < -0.3 is 29.1 Å². The van der Waals surface area contributed by atoms with Crippen molar-refractivity contribution in [2.45, 2.75) is 109 Å². The first-order valence-corrected chi connectivity index (χ1v) is 19.5. The monoisotopic (exact) mass is 816 g/mol. The molecule has 3 aliphatic heterocycles. The highest BCUT2D eigenvalue weighted by molar-refractivity contribution is 8.00. The SMILES string of the molecule is CC(C)(C)OC(=O)Nc1nc(/C(=N/OC(C)(C)C(=O)OC(C)(C)C)C(=O)N[C@@H]2C(=O)N3C(C(=O)OCc4ccc([N+](=O)[O-])cc4)=C([C@@H]4CCCO4)CS[C@H]23)cs1. The summed E-state index contributed by atoms with van der Waals surface area (Å²) < 4.78 is 22.2. The number of carbonyl (C=O) groups excluding carboxylic acids is 5. The van der Waals surface area contributed by atoms with Gasteiger partial charge in [-0.3, -0.25) is 29.9 Å². The summed E-state index contributed by atoms with van der Waals surface area (Å²) in [5.41, 5.74) is -2.77. The van der Waals surface area contributed by atoms with E-state index in [4.69, 9.17) is 23.8 Å². The molecule has 3 aliphatic rings. The normalized spacial score (nSPS) is 20.1. The minimum Gasteiger partial charge on any atom is -0.457 e. The molecule has 3 atom stereocenters. The number of hydrogen-bond donors (Lipinski definition) is 2. The number of rotatable bonds is 12. The molecule has 1 aromatic heterocycles. The second kappa shape index (κ2) is 16.6. The highest BCUT2D eigenvalue weighted by Gasteiger charge is 2.55. The van der Waals surface area contributed by atoms with Crippen LogP contribution in [-0.4, -0.2) is 97.0 Å². The van der Waals surface area contributed by atoms with E-state index in [9.17, 15) is 34.1 Å². The number of benzene rings is 1. The number of anilines is 1. The number of fused-ring (bicyclic) bond motifs is 1. The molecule has 3 amide bonds. The van der Waals surface area contributed by atoms with E-state index in [1.807, 2.05) is 0 Å². The molecule has 5 rings (SSSR count). The number of nitrogens with one attached hydrogen (secondary N) is 2. The number of aromatic nitrogens is 1. The zero-order valence-corrected chi connectivity index (χ0v) is 33.8. The Morgan fingerprint density at radius 1 is 1.05 bits per heavy atom. The van der Waals surface area contributed by atoms with E-state index >= 15 is 0 Å². The van der Waals surface area contributed by atoms with E-state index in [0.717, 1.165) is 17.8 Å². The molecule has 20 heteroatoms. The van der Waals surface area contributed by atoms with Crippen molar-refractivity contribution >= 4 is 69.5 Å². The summed E-state index contributed by atoms with van der Waals surface area (Å²) in [5.74, 6) is -2.75. The van der Waals surface area contributed by atoms with Crippen LogP contribution in [-0.2, 0) is 49.6 Å². The second-order valence-corrected chi connectivity index (χ2v) is 17.4. The highest BCUT2D eigenvalue weighted by Crippen LogP contribution is 2.43. The molecule has 0 unspecified atom stereocenters. The third kappa shape index (κ3) is 10.2. The van der Waals surface area contributed by atoms with Crippen LogP contribution in [0.2, 0.25) is 0 Å². The zero-order valence-electron chi connectivity index (χ0n) is 32.2. The smallest absolute Gasteiger partial charge is 0.413 e. The van der Waals surface area contributed by atoms with Crippen LogP contribution in [0.15, 0.2) is 46.1 Å². The number of non-ortho nitro benzene ring substituents is 1. The first-order valence-electron chi connectivity index (χ1n) is 17.6. The van der Waals surface area contributed by atoms with Crippen LogP contribution >= 0.6 is 23.1 Å². The molecule has 1 aromatic carbocycles. The van der Waals surface area contributed by atoms with Crippen molar-refractivity contribution in [1.29, 1.82) is 0 Å². The number of β-lactam (4-membered cyclic amide) rings is 1. The predicted molar refractivity (Wildman–Crippen MR) is 203 cm³/mol. The van der Waals surface area contributed by atoms with Gasteiger partial charge in [0.25, 0.3) is 17.5 Å². The Kier molecular flexibility index (Phi) is 12.4. The largest absolute Gasteiger partial charge is 0.457 e. The highest BCUT2D eigenvalue weighted by atomic mass is 32.2. The third-order valence-corrected chi connectivity index (χ3v) is 10.2. The fraction of sp³-hybridized carbons (Fsp3) is 0.528. The Labute approximate surface area is 330 Å². The summed E-state index contributed by atoms with van der Waals surface area (Å²) in [4.78, 5) is 88.6. The molecule has 56 heavy (non-hydrogen) atoms. The Morgan fingerprint density at radius 2 is 1.73 bits per heavy atom. The van der Waals surface area contributed by atoms with Crippen molar-refractivity contribution in [1.82, 2.24) is 15.2 Å². The number of nitro groups is 1. The predicted octanol–water partition coefficient (Wildman–Crippen LogP) is 4.82. The van der Waals surface area contributed by atoms with Gasteiger partial charge in [-0.15, -0.1) is 23.1 Å². The van der Waals surface area contributed by atoms with E-state index < -0.39 is 74.8 Å². The molecule has 18 nitrogen and oxygen atoms in total. The Bertz CT molecular complexity index is 1940. The quantitative estimate of drug-likeness (QED) is 0.0732. The minimum atomic E-state index is -1.66. The van der Waals surface area contributed by atoms with Crippen LogP contribution < -0.4 is 10.6 Å². The van der Waals surface area contributed by atoms with E-state index in [1.165, 1.54) is 60.2 Å². The van der Waals surface area contributed by atoms with Crippen molar-refractivity contribution < 1.29 is 52.7 Å². The van der Waals surface area contributed by atoms with Crippen molar-refractivity contribution in [3.63, 3.8) is 0 Å². The summed E-state index contributed by atoms with van der Waals surface area (Å²) in [6, 6.07) is 4.40. The topological polar surface area (TPSA) is 227 Å². The molecule has 0 spiro atoms. The average Bonchev–Trinajstić information content (AvgIpc) is 3.80. The summed E-state index contributed by atoms with van der Waals surface area (Å²) in [5, 5.41) is 21.0. The van der Waals surface area contributed by atoms with Crippen molar-refractivity contribution in [2.24, 2.45) is 5.16 Å². The van der Waals surface area contributed by atoms with E-state index in [1.54, 1.807) is 41.5 Å². The second-order valence-electron chi connectivity index (χ2n) is 15.4. The van der Waals surface area contributed by atoms with Crippen LogP contribution in [0.5, 0.6) is 0 Å². The number of nitro benzene ring substituents is 1. The molecule has 0 aliphatic carbocycles. The standard InChI is InChI=1S/C36H44N6O12S2/c1-34(2,3)52-31(46)36(7,8)54-40-24(22-18-56-32(37-22)39-33(47)53-35(4,5)6)27(43)38-25-28(44)41-26(21(17-55-29(25)41)23-10-9-15-50-23)30(45)51-16-19-11-13-20(14-12-19)42(48)49/h11-14,18,23,25,29H,9-10,15-17H2,1-8H3,(H,38,43)(H,37,39,47)/b40-24-/t23-,25+,29+/m0/s1. The maximum Gasteiger partial charge on any atom is 0.413 e. The molecule has 2 N–H and O–H groups in total. The molecule has 2 aromatic rings. The van der Waals surface area contributed by atoms with Gasteiger partial charge in [0.1, 0.15) is 40.6 Å². The fourth-order valence-electron chi connectivity index (χ4n) is 5.51. The summed E-state index contributed by atoms with van der Waals surface area (Å²) in [7, 11) is 0. The van der Waals surface area contributed by atoms with Gasteiger partial charge in [-0.05, 0) is 91.5 Å². The van der Waals surface area contributed by atoms with Crippen LogP contribution in [0.1, 0.15) is 79.5 Å². The zero-order chi connectivity index (χ0) is 41.2. The van der Waals surface area contributed by atoms with Crippen molar-refractivity contribution in [3.8, 4) is 0 Å². The van der Waals surface area contributed by atoms with E-state index in [2.05, 4.69) is 20.8 Å². The lowest BCUT2D eigenvalue weighted by Gasteiger charge is -2.50. The van der Waals surface area contributed by atoms with Crippen molar-refractivity contribution in [3.05, 3.63) is 62.3 Å². The van der Waals surface area contributed by atoms with Gasteiger partial charge in [0.15, 0.2) is 10.8 Å². The summed E-state index contributed by atoms with van der Waals surface area (Å²) in [6.45, 7) is 13.2. The lowest BCUT2D eigenvalue weighted by Crippen LogP contribution is -2.71. The first kappa shape index (κ1) is 42.1.